The summed E-state index contributed by atoms with van der Waals surface area (Å²) in [6, 6.07) is 10.2. The Morgan fingerprint density at radius 3 is 2.81 bits per heavy atom. The quantitative estimate of drug-likeness (QED) is 0.683. The van der Waals surface area contributed by atoms with Gasteiger partial charge in [0.2, 0.25) is 0 Å². The van der Waals surface area contributed by atoms with Crippen molar-refractivity contribution in [1.29, 1.82) is 0 Å². The summed E-state index contributed by atoms with van der Waals surface area (Å²) in [7, 11) is 0. The van der Waals surface area contributed by atoms with Crippen LogP contribution in [0.25, 0.3) is 0 Å². The zero-order chi connectivity index (χ0) is 15.1. The molecule has 1 amide bonds. The van der Waals surface area contributed by atoms with Crippen LogP contribution in [0.4, 0.5) is 0 Å². The predicted molar refractivity (Wildman–Crippen MR) is 80.2 cm³/mol. The maximum atomic E-state index is 11.8. The van der Waals surface area contributed by atoms with Gasteiger partial charge in [0.15, 0.2) is 0 Å². The van der Waals surface area contributed by atoms with Gasteiger partial charge in [-0.3, -0.25) is 4.79 Å². The van der Waals surface area contributed by atoms with Crippen molar-refractivity contribution in [1.82, 2.24) is 10.6 Å². The van der Waals surface area contributed by atoms with E-state index >= 15 is 0 Å². The van der Waals surface area contributed by atoms with Crippen molar-refractivity contribution in [3.05, 3.63) is 53.5 Å². The van der Waals surface area contributed by atoms with Gasteiger partial charge in [-0.2, -0.15) is 0 Å². The molecule has 1 aromatic carbocycles. The van der Waals surface area contributed by atoms with Crippen LogP contribution in [-0.2, 0) is 6.54 Å². The van der Waals surface area contributed by atoms with Crippen LogP contribution in [0, 0.1) is 6.92 Å². The number of aryl methyl sites for hydroxylation is 1. The van der Waals surface area contributed by atoms with Gasteiger partial charge in [0.25, 0.3) is 5.91 Å². The third-order valence-electron chi connectivity index (χ3n) is 3.02. The number of nitrogens with one attached hydrogen (secondary N) is 2. The van der Waals surface area contributed by atoms with Crippen LogP contribution in [0.2, 0.25) is 0 Å². The molecule has 2 rings (SSSR count). The van der Waals surface area contributed by atoms with Crippen LogP contribution in [0.15, 0.2) is 40.8 Å². The third-order valence-corrected chi connectivity index (χ3v) is 3.02. The maximum absolute atomic E-state index is 11.8. The smallest absolute Gasteiger partial charge is 0.251 e. The number of phenolic OH excluding ortho intramolecular Hbond substituents is 1. The first-order valence-electron chi connectivity index (χ1n) is 6.98. The second kappa shape index (κ2) is 7.50. The number of hydrogen-bond donors (Lipinski definition) is 3. The standard InChI is InChI=1S/C16H20N2O3/c1-12-6-7-15(21-12)11-17-8-3-9-18-16(20)13-4-2-5-14(19)10-13/h2,4-7,10,17,19H,3,8-9,11H2,1H3,(H,18,20). The second-order valence-corrected chi connectivity index (χ2v) is 4.85. The molecule has 0 saturated heterocycles. The van der Waals surface area contributed by atoms with Crippen LogP contribution < -0.4 is 10.6 Å². The Bertz CT molecular complexity index is 593. The molecule has 21 heavy (non-hydrogen) atoms. The minimum absolute atomic E-state index is 0.0954. The molecule has 0 fully saturated rings. The van der Waals surface area contributed by atoms with E-state index in [2.05, 4.69) is 10.6 Å². The number of rotatable bonds is 7. The minimum atomic E-state index is -0.174. The van der Waals surface area contributed by atoms with Gasteiger partial charge in [-0.05, 0) is 50.2 Å². The van der Waals surface area contributed by atoms with Crippen LogP contribution in [0.5, 0.6) is 5.75 Å². The Kier molecular flexibility index (Phi) is 5.40. The summed E-state index contributed by atoms with van der Waals surface area (Å²) in [5.41, 5.74) is 0.467. The molecule has 0 atom stereocenters. The zero-order valence-electron chi connectivity index (χ0n) is 12.1. The van der Waals surface area contributed by atoms with Gasteiger partial charge in [0, 0.05) is 12.1 Å². The Morgan fingerprint density at radius 1 is 1.24 bits per heavy atom. The highest BCUT2D eigenvalue weighted by Gasteiger charge is 2.04. The van der Waals surface area contributed by atoms with Crippen molar-refractivity contribution in [3.8, 4) is 5.75 Å². The van der Waals surface area contributed by atoms with Gasteiger partial charge in [-0.15, -0.1) is 0 Å². The van der Waals surface area contributed by atoms with E-state index in [-0.39, 0.29) is 11.7 Å². The van der Waals surface area contributed by atoms with E-state index in [4.69, 9.17) is 4.42 Å². The highest BCUT2D eigenvalue weighted by molar-refractivity contribution is 5.94. The van der Waals surface area contributed by atoms with Gasteiger partial charge in [0.1, 0.15) is 17.3 Å². The zero-order valence-corrected chi connectivity index (χ0v) is 12.1. The van der Waals surface area contributed by atoms with Gasteiger partial charge in [0.05, 0.1) is 6.54 Å². The number of benzene rings is 1. The van der Waals surface area contributed by atoms with E-state index in [1.54, 1.807) is 12.1 Å². The van der Waals surface area contributed by atoms with E-state index in [1.165, 1.54) is 12.1 Å². The summed E-state index contributed by atoms with van der Waals surface area (Å²) in [5, 5.41) is 15.4. The molecule has 0 saturated carbocycles. The Labute approximate surface area is 124 Å². The average molecular weight is 288 g/mol. The fourth-order valence-electron chi connectivity index (χ4n) is 1.96. The minimum Gasteiger partial charge on any atom is -0.508 e. The van der Waals surface area contributed by atoms with Crippen molar-refractivity contribution >= 4 is 5.91 Å². The van der Waals surface area contributed by atoms with Gasteiger partial charge in [-0.1, -0.05) is 6.07 Å². The van der Waals surface area contributed by atoms with Gasteiger partial charge in [-0.25, -0.2) is 0 Å². The summed E-state index contributed by atoms with van der Waals surface area (Å²) in [5.74, 6) is 1.74. The number of phenols is 1. The molecule has 3 N–H and O–H groups in total. The lowest BCUT2D eigenvalue weighted by Gasteiger charge is -2.06. The van der Waals surface area contributed by atoms with Crippen LogP contribution in [0.3, 0.4) is 0 Å². The normalized spacial score (nSPS) is 10.5. The summed E-state index contributed by atoms with van der Waals surface area (Å²) in [6.07, 6.45) is 0.824. The maximum Gasteiger partial charge on any atom is 0.251 e. The number of furan rings is 1. The highest BCUT2D eigenvalue weighted by Crippen LogP contribution is 2.10. The second-order valence-electron chi connectivity index (χ2n) is 4.85. The molecule has 0 aliphatic heterocycles. The van der Waals surface area contributed by atoms with Crippen molar-refractivity contribution < 1.29 is 14.3 Å². The summed E-state index contributed by atoms with van der Waals surface area (Å²) in [4.78, 5) is 11.8. The van der Waals surface area contributed by atoms with Crippen molar-refractivity contribution in [2.24, 2.45) is 0 Å². The molecule has 5 heteroatoms. The number of hydrogen-bond acceptors (Lipinski definition) is 4. The van der Waals surface area contributed by atoms with Gasteiger partial charge >= 0.3 is 0 Å². The predicted octanol–water partition coefficient (Wildman–Crippen LogP) is 2.20. The topological polar surface area (TPSA) is 74.5 Å². The van der Waals surface area contributed by atoms with Crippen molar-refractivity contribution in [3.63, 3.8) is 0 Å². The summed E-state index contributed by atoms with van der Waals surface area (Å²) < 4.78 is 5.44. The van der Waals surface area contributed by atoms with Crippen LogP contribution in [-0.4, -0.2) is 24.1 Å². The SMILES string of the molecule is Cc1ccc(CNCCCNC(=O)c2cccc(O)c2)o1. The molecular formula is C16H20N2O3. The van der Waals surface area contributed by atoms with E-state index in [9.17, 15) is 9.90 Å². The number of carbonyl (C=O) groups is 1. The molecule has 5 nitrogen and oxygen atoms in total. The fourth-order valence-corrected chi connectivity index (χ4v) is 1.96. The third kappa shape index (κ3) is 4.96. The number of amides is 1. The molecule has 0 aliphatic rings. The van der Waals surface area contributed by atoms with E-state index in [0.29, 0.717) is 18.7 Å². The molecule has 112 valence electrons. The highest BCUT2D eigenvalue weighted by atomic mass is 16.3. The molecule has 1 aromatic heterocycles. The number of carbonyl (C=O) groups excluding carboxylic acids is 1. The lowest BCUT2D eigenvalue weighted by molar-refractivity contribution is 0.0953. The lowest BCUT2D eigenvalue weighted by atomic mass is 10.2. The molecule has 0 spiro atoms. The van der Waals surface area contributed by atoms with E-state index in [1.807, 2.05) is 19.1 Å². The Hall–Kier alpha value is -2.27. The molecular weight excluding hydrogens is 268 g/mol. The van der Waals surface area contributed by atoms with Crippen LogP contribution >= 0.6 is 0 Å². The monoisotopic (exact) mass is 288 g/mol. The van der Waals surface area contributed by atoms with Gasteiger partial charge < -0.3 is 20.2 Å². The molecule has 0 unspecified atom stereocenters. The number of aromatic hydroxyl groups is 1. The first-order valence-corrected chi connectivity index (χ1v) is 6.98. The fraction of sp³-hybridized carbons (Fsp3) is 0.312. The molecule has 0 bridgehead atoms. The lowest BCUT2D eigenvalue weighted by Crippen LogP contribution is -2.27. The molecule has 2 aromatic rings. The Balaban J connectivity index is 1.60. The molecule has 0 aliphatic carbocycles. The van der Waals surface area contributed by atoms with Crippen molar-refractivity contribution in [2.45, 2.75) is 19.9 Å². The summed E-state index contributed by atoms with van der Waals surface area (Å²) >= 11 is 0. The molecule has 0 radical (unpaired) electrons. The first-order chi connectivity index (χ1) is 10.1. The summed E-state index contributed by atoms with van der Waals surface area (Å²) in [6.45, 7) is 3.98. The first kappa shape index (κ1) is 15.1. The Morgan fingerprint density at radius 2 is 2.10 bits per heavy atom. The van der Waals surface area contributed by atoms with E-state index in [0.717, 1.165) is 24.5 Å². The molecule has 1 heterocycles. The average Bonchev–Trinajstić information content (AvgIpc) is 2.88. The largest absolute Gasteiger partial charge is 0.508 e. The van der Waals surface area contributed by atoms with E-state index < -0.39 is 0 Å². The van der Waals surface area contributed by atoms with Crippen molar-refractivity contribution in [2.75, 3.05) is 13.1 Å². The van der Waals surface area contributed by atoms with Crippen LogP contribution in [0.1, 0.15) is 28.3 Å².